The number of carboxylic acids is 1. The summed E-state index contributed by atoms with van der Waals surface area (Å²) in [5.74, 6) is -1.46. The normalized spacial score (nSPS) is 11.8. The van der Waals surface area contributed by atoms with Gasteiger partial charge in [0.1, 0.15) is 6.04 Å². The van der Waals surface area contributed by atoms with Crippen LogP contribution in [0.4, 0.5) is 0 Å². The number of carbonyl (C=O) groups is 3. The van der Waals surface area contributed by atoms with Crippen LogP contribution in [0.2, 0.25) is 0 Å². The molecule has 7 nitrogen and oxygen atoms in total. The maximum atomic E-state index is 12.1. The van der Waals surface area contributed by atoms with Gasteiger partial charge < -0.3 is 15.7 Å². The molecule has 0 aliphatic rings. The lowest BCUT2D eigenvalue weighted by molar-refractivity contribution is -0.143. The second kappa shape index (κ2) is 9.67. The van der Waals surface area contributed by atoms with Crippen LogP contribution in [0.5, 0.6) is 0 Å². The Kier molecular flexibility index (Phi) is 7.91. The molecule has 0 fully saturated rings. The number of aliphatic carboxylic acids is 1. The van der Waals surface area contributed by atoms with Crippen molar-refractivity contribution in [3.63, 3.8) is 0 Å². The van der Waals surface area contributed by atoms with E-state index in [0.29, 0.717) is 6.54 Å². The van der Waals surface area contributed by atoms with E-state index >= 15 is 0 Å². The zero-order chi connectivity index (χ0) is 18.1. The van der Waals surface area contributed by atoms with Crippen molar-refractivity contribution in [2.45, 2.75) is 33.4 Å². The highest BCUT2D eigenvalue weighted by atomic mass is 16.4. The second-order valence-corrected chi connectivity index (χ2v) is 5.67. The standard InChI is InChI=1S/C17H25N3O4/c1-12-6-4-5-7-15(12)10-19-16(22)11-20(13(2)17(23)24)9-8-18-14(3)21/h4-7,13H,8-11H2,1-3H3,(H,18,21)(H,19,22)(H,23,24). The van der Waals surface area contributed by atoms with Gasteiger partial charge in [-0.3, -0.25) is 19.3 Å². The van der Waals surface area contributed by atoms with Crippen LogP contribution >= 0.6 is 0 Å². The van der Waals surface area contributed by atoms with Crippen LogP contribution in [0.15, 0.2) is 24.3 Å². The molecule has 0 radical (unpaired) electrons. The Morgan fingerprint density at radius 1 is 1.21 bits per heavy atom. The fraction of sp³-hybridized carbons (Fsp3) is 0.471. The Morgan fingerprint density at radius 2 is 1.88 bits per heavy atom. The van der Waals surface area contributed by atoms with Gasteiger partial charge in [0.15, 0.2) is 0 Å². The molecule has 0 heterocycles. The number of benzene rings is 1. The van der Waals surface area contributed by atoms with Crippen LogP contribution in [-0.2, 0) is 20.9 Å². The fourth-order valence-electron chi connectivity index (χ4n) is 2.18. The van der Waals surface area contributed by atoms with E-state index in [1.807, 2.05) is 31.2 Å². The fourth-order valence-corrected chi connectivity index (χ4v) is 2.18. The first-order valence-corrected chi connectivity index (χ1v) is 7.83. The quantitative estimate of drug-likeness (QED) is 0.611. The molecule has 0 spiro atoms. The minimum atomic E-state index is -1.01. The maximum absolute atomic E-state index is 12.1. The zero-order valence-electron chi connectivity index (χ0n) is 14.3. The van der Waals surface area contributed by atoms with E-state index in [1.54, 1.807) is 0 Å². The molecule has 0 saturated carbocycles. The Hall–Kier alpha value is -2.41. The Balaban J connectivity index is 2.57. The van der Waals surface area contributed by atoms with E-state index in [1.165, 1.54) is 18.7 Å². The summed E-state index contributed by atoms with van der Waals surface area (Å²) in [6, 6.07) is 6.92. The number of nitrogens with one attached hydrogen (secondary N) is 2. The SMILES string of the molecule is CC(=O)NCCN(CC(=O)NCc1ccccc1C)C(C)C(=O)O. The van der Waals surface area contributed by atoms with Crippen molar-refractivity contribution in [1.29, 1.82) is 0 Å². The highest BCUT2D eigenvalue weighted by Crippen LogP contribution is 2.06. The minimum absolute atomic E-state index is 0.0427. The van der Waals surface area contributed by atoms with Crippen LogP contribution < -0.4 is 10.6 Å². The smallest absolute Gasteiger partial charge is 0.320 e. The number of amides is 2. The Bertz CT molecular complexity index is 589. The molecule has 2 amide bonds. The topological polar surface area (TPSA) is 98.7 Å². The first-order valence-electron chi connectivity index (χ1n) is 7.83. The summed E-state index contributed by atoms with van der Waals surface area (Å²) < 4.78 is 0. The monoisotopic (exact) mass is 335 g/mol. The van der Waals surface area contributed by atoms with Crippen molar-refractivity contribution in [3.8, 4) is 0 Å². The average Bonchev–Trinajstić information content (AvgIpc) is 2.52. The van der Waals surface area contributed by atoms with Crippen LogP contribution in [0.25, 0.3) is 0 Å². The molecule has 0 aliphatic heterocycles. The Labute approximate surface area is 142 Å². The largest absolute Gasteiger partial charge is 0.480 e. The summed E-state index contributed by atoms with van der Waals surface area (Å²) in [5.41, 5.74) is 2.10. The molecule has 3 N–H and O–H groups in total. The molecule has 1 rings (SSSR count). The van der Waals surface area contributed by atoms with E-state index in [2.05, 4.69) is 10.6 Å². The lowest BCUT2D eigenvalue weighted by Gasteiger charge is -2.25. The van der Waals surface area contributed by atoms with Crippen molar-refractivity contribution in [1.82, 2.24) is 15.5 Å². The first kappa shape index (κ1) is 19.6. The summed E-state index contributed by atoms with van der Waals surface area (Å²) in [7, 11) is 0. The van der Waals surface area contributed by atoms with Gasteiger partial charge in [0, 0.05) is 26.6 Å². The second-order valence-electron chi connectivity index (χ2n) is 5.67. The molecule has 1 aromatic rings. The van der Waals surface area contributed by atoms with E-state index < -0.39 is 12.0 Å². The van der Waals surface area contributed by atoms with Gasteiger partial charge in [-0.15, -0.1) is 0 Å². The van der Waals surface area contributed by atoms with Gasteiger partial charge in [-0.2, -0.15) is 0 Å². The molecular formula is C17H25N3O4. The molecule has 132 valence electrons. The van der Waals surface area contributed by atoms with E-state index in [-0.39, 0.29) is 31.4 Å². The van der Waals surface area contributed by atoms with Crippen molar-refractivity contribution in [3.05, 3.63) is 35.4 Å². The molecule has 0 aliphatic carbocycles. The van der Waals surface area contributed by atoms with Crippen molar-refractivity contribution in [2.75, 3.05) is 19.6 Å². The van der Waals surface area contributed by atoms with Gasteiger partial charge in [-0.25, -0.2) is 0 Å². The maximum Gasteiger partial charge on any atom is 0.320 e. The summed E-state index contributed by atoms with van der Waals surface area (Å²) in [5, 5.41) is 14.6. The van der Waals surface area contributed by atoms with E-state index in [4.69, 9.17) is 5.11 Å². The van der Waals surface area contributed by atoms with E-state index in [0.717, 1.165) is 11.1 Å². The summed E-state index contributed by atoms with van der Waals surface area (Å²) >= 11 is 0. The number of carbonyl (C=O) groups excluding carboxylic acids is 2. The minimum Gasteiger partial charge on any atom is -0.480 e. The number of hydrogen-bond donors (Lipinski definition) is 3. The first-order chi connectivity index (χ1) is 11.3. The molecule has 0 aromatic heterocycles. The van der Waals surface area contributed by atoms with Crippen LogP contribution in [-0.4, -0.2) is 53.5 Å². The van der Waals surface area contributed by atoms with Gasteiger partial charge in [0.25, 0.3) is 0 Å². The Morgan fingerprint density at radius 3 is 2.46 bits per heavy atom. The van der Waals surface area contributed by atoms with Crippen LogP contribution in [0.3, 0.4) is 0 Å². The average molecular weight is 335 g/mol. The number of carboxylic acid groups (broad SMARTS) is 1. The predicted molar refractivity (Wildman–Crippen MR) is 90.4 cm³/mol. The van der Waals surface area contributed by atoms with Crippen molar-refractivity contribution in [2.24, 2.45) is 0 Å². The van der Waals surface area contributed by atoms with Crippen molar-refractivity contribution < 1.29 is 19.5 Å². The molecule has 0 saturated heterocycles. The third kappa shape index (κ3) is 6.78. The van der Waals surface area contributed by atoms with Gasteiger partial charge in [-0.1, -0.05) is 24.3 Å². The molecule has 1 unspecified atom stereocenters. The molecule has 0 bridgehead atoms. The number of rotatable bonds is 9. The summed E-state index contributed by atoms with van der Waals surface area (Å²) in [6.45, 7) is 5.80. The highest BCUT2D eigenvalue weighted by Gasteiger charge is 2.22. The van der Waals surface area contributed by atoms with Gasteiger partial charge in [-0.05, 0) is 25.0 Å². The number of aryl methyl sites for hydroxylation is 1. The summed E-state index contributed by atoms with van der Waals surface area (Å²) in [4.78, 5) is 35.7. The lowest BCUT2D eigenvalue weighted by Crippen LogP contribution is -2.47. The molecule has 24 heavy (non-hydrogen) atoms. The zero-order valence-corrected chi connectivity index (χ0v) is 14.3. The van der Waals surface area contributed by atoms with Gasteiger partial charge in [0.05, 0.1) is 6.54 Å². The van der Waals surface area contributed by atoms with Crippen LogP contribution in [0, 0.1) is 6.92 Å². The molecular weight excluding hydrogens is 310 g/mol. The predicted octanol–water partition coefficient (Wildman–Crippen LogP) is 0.522. The highest BCUT2D eigenvalue weighted by molar-refractivity contribution is 5.79. The summed E-state index contributed by atoms with van der Waals surface area (Å²) in [6.07, 6.45) is 0. The third-order valence-electron chi connectivity index (χ3n) is 3.76. The lowest BCUT2D eigenvalue weighted by atomic mass is 10.1. The van der Waals surface area contributed by atoms with Crippen LogP contribution in [0.1, 0.15) is 25.0 Å². The molecule has 1 aromatic carbocycles. The molecule has 7 heteroatoms. The number of hydrogen-bond acceptors (Lipinski definition) is 4. The van der Waals surface area contributed by atoms with E-state index in [9.17, 15) is 14.4 Å². The third-order valence-corrected chi connectivity index (χ3v) is 3.76. The number of nitrogens with zero attached hydrogens (tertiary/aromatic N) is 1. The van der Waals surface area contributed by atoms with Crippen molar-refractivity contribution >= 4 is 17.8 Å². The van der Waals surface area contributed by atoms with Gasteiger partial charge >= 0.3 is 5.97 Å². The molecule has 1 atom stereocenters. The van der Waals surface area contributed by atoms with Gasteiger partial charge in [0.2, 0.25) is 11.8 Å².